The Kier molecular flexibility index (Phi) is 12.8. The maximum absolute atomic E-state index is 13.2. The van der Waals surface area contributed by atoms with Crippen LogP contribution in [0.25, 0.3) is 0 Å². The van der Waals surface area contributed by atoms with Gasteiger partial charge in [0.2, 0.25) is 0 Å². The molecular formula is C50H67NO6. The van der Waals surface area contributed by atoms with Gasteiger partial charge in [0.05, 0.1) is 26.9 Å². The molecule has 7 nitrogen and oxygen atoms in total. The second-order valence-electron chi connectivity index (χ2n) is 18.5. The number of alkyl carbamates (subject to hydrolysis) is 1. The molecule has 7 heteroatoms. The van der Waals surface area contributed by atoms with E-state index in [1.807, 2.05) is 78.9 Å². The first kappa shape index (κ1) is 41.4. The molecule has 0 spiro atoms. The van der Waals surface area contributed by atoms with Gasteiger partial charge in [0.1, 0.15) is 23.2 Å². The highest BCUT2D eigenvalue weighted by atomic mass is 16.6. The number of amides is 1. The highest BCUT2D eigenvalue weighted by Gasteiger charge is 2.58. The van der Waals surface area contributed by atoms with E-state index >= 15 is 0 Å². The van der Waals surface area contributed by atoms with E-state index in [4.69, 9.17) is 18.9 Å². The number of carbonyl (C=O) groups is 1. The van der Waals surface area contributed by atoms with Gasteiger partial charge in [-0.15, -0.1) is 0 Å². The summed E-state index contributed by atoms with van der Waals surface area (Å²) in [7, 11) is 3.29. The van der Waals surface area contributed by atoms with Gasteiger partial charge in [-0.2, -0.15) is 0 Å². The highest BCUT2D eigenvalue weighted by Crippen LogP contribution is 2.67. The Morgan fingerprint density at radius 2 is 1.49 bits per heavy atom. The van der Waals surface area contributed by atoms with Crippen molar-refractivity contribution in [3.05, 3.63) is 107 Å². The summed E-state index contributed by atoms with van der Waals surface area (Å²) in [5.41, 5.74) is 3.79. The van der Waals surface area contributed by atoms with Crippen LogP contribution in [0.15, 0.2) is 90.5 Å². The molecule has 0 saturated heterocycles. The zero-order valence-electron chi connectivity index (χ0n) is 35.3. The van der Waals surface area contributed by atoms with E-state index in [1.54, 1.807) is 14.2 Å². The molecule has 4 aliphatic rings. The van der Waals surface area contributed by atoms with Crippen molar-refractivity contribution in [3.63, 3.8) is 0 Å². The summed E-state index contributed by atoms with van der Waals surface area (Å²) in [6.45, 7) is 9.85. The van der Waals surface area contributed by atoms with Crippen molar-refractivity contribution in [3.8, 4) is 11.5 Å². The molecule has 3 saturated carbocycles. The maximum Gasteiger partial charge on any atom is 0.407 e. The highest BCUT2D eigenvalue weighted by molar-refractivity contribution is 5.67. The van der Waals surface area contributed by atoms with Gasteiger partial charge >= 0.3 is 6.09 Å². The number of aliphatic hydroxyl groups excluding tert-OH is 1. The molecule has 57 heavy (non-hydrogen) atoms. The van der Waals surface area contributed by atoms with Gasteiger partial charge in [-0.1, -0.05) is 107 Å². The number of carbonyl (C=O) groups excluding carboxylic acids is 1. The molecule has 0 bridgehead atoms. The van der Waals surface area contributed by atoms with E-state index in [0.717, 1.165) is 77.0 Å². The van der Waals surface area contributed by atoms with Crippen LogP contribution < -0.4 is 14.8 Å². The summed E-state index contributed by atoms with van der Waals surface area (Å²) in [4.78, 5) is 13.2. The topological polar surface area (TPSA) is 86.2 Å². The lowest BCUT2D eigenvalue weighted by molar-refractivity contribution is -0.0525. The monoisotopic (exact) mass is 777 g/mol. The Morgan fingerprint density at radius 3 is 2.12 bits per heavy atom. The van der Waals surface area contributed by atoms with Crippen molar-refractivity contribution in [2.75, 3.05) is 27.4 Å². The molecule has 0 radical (unpaired) electrons. The predicted molar refractivity (Wildman–Crippen MR) is 226 cm³/mol. The third kappa shape index (κ3) is 8.39. The van der Waals surface area contributed by atoms with Gasteiger partial charge in [0, 0.05) is 13.0 Å². The van der Waals surface area contributed by atoms with Crippen LogP contribution in [0, 0.1) is 40.4 Å². The standard InChI is InChI=1S/C50H67NO6/c1-34(2)11-10-14-35-20-26-45-44-25-19-39-31-43(27-29-49(39,4)46(44)28-30-48(35,45)3)57-47(53)51-32-40(52)33-56-50(36-12-8-7-9-13-36,37-15-21-41(54-5)22-16-37)38-17-23-42(55-6)24-18-38/h7-9,12-13,15-19,21-24,34-35,40,43-46,52H,10-11,14,20,25-33H2,1-6H3,(H,51,53)/t35?,40?,43-,44?,45?,46?,48+,49-/m1/s1. The van der Waals surface area contributed by atoms with Crippen LogP contribution in [-0.2, 0) is 15.1 Å². The molecule has 3 aromatic carbocycles. The van der Waals surface area contributed by atoms with Crippen LogP contribution in [0.5, 0.6) is 11.5 Å². The Balaban J connectivity index is 0.970. The first-order chi connectivity index (χ1) is 27.5. The predicted octanol–water partition coefficient (Wildman–Crippen LogP) is 10.9. The van der Waals surface area contributed by atoms with Gasteiger partial charge in [0.15, 0.2) is 0 Å². The number of nitrogens with one attached hydrogen (secondary N) is 1. The van der Waals surface area contributed by atoms with Gasteiger partial charge in [-0.25, -0.2) is 4.79 Å². The van der Waals surface area contributed by atoms with E-state index in [0.29, 0.717) is 5.41 Å². The number of rotatable bonds is 15. The number of allylic oxidation sites excluding steroid dienone is 1. The number of hydrogen-bond donors (Lipinski definition) is 2. The minimum absolute atomic E-state index is 0.00440. The zero-order valence-corrected chi connectivity index (χ0v) is 35.3. The molecule has 0 aliphatic heterocycles. The van der Waals surface area contributed by atoms with E-state index in [2.05, 4.69) is 39.1 Å². The van der Waals surface area contributed by atoms with Crippen molar-refractivity contribution in [1.29, 1.82) is 0 Å². The van der Waals surface area contributed by atoms with Crippen LogP contribution in [0.2, 0.25) is 0 Å². The van der Waals surface area contributed by atoms with Crippen LogP contribution >= 0.6 is 0 Å². The van der Waals surface area contributed by atoms with E-state index in [9.17, 15) is 9.90 Å². The normalized spacial score (nSPS) is 28.7. The largest absolute Gasteiger partial charge is 0.497 e. The maximum atomic E-state index is 13.2. The average Bonchev–Trinajstić information content (AvgIpc) is 3.57. The van der Waals surface area contributed by atoms with Crippen LogP contribution in [0.1, 0.15) is 115 Å². The Morgan fingerprint density at radius 1 is 0.842 bits per heavy atom. The fourth-order valence-electron chi connectivity index (χ4n) is 11.8. The lowest BCUT2D eigenvalue weighted by Gasteiger charge is -2.58. The first-order valence-corrected chi connectivity index (χ1v) is 21.8. The molecule has 3 aromatic rings. The van der Waals surface area contributed by atoms with Crippen LogP contribution in [0.4, 0.5) is 4.79 Å². The Bertz CT molecular complexity index is 1760. The molecule has 2 N–H and O–H groups in total. The van der Waals surface area contributed by atoms with Crippen molar-refractivity contribution >= 4 is 6.09 Å². The summed E-state index contributed by atoms with van der Waals surface area (Å²) in [5.74, 6) is 5.51. The second kappa shape index (κ2) is 17.6. The van der Waals surface area contributed by atoms with E-state index < -0.39 is 17.8 Å². The van der Waals surface area contributed by atoms with E-state index in [1.165, 1.54) is 56.9 Å². The molecule has 0 aromatic heterocycles. The van der Waals surface area contributed by atoms with Crippen molar-refractivity contribution < 1.29 is 28.8 Å². The van der Waals surface area contributed by atoms with Gasteiger partial charge in [-0.05, 0) is 133 Å². The summed E-state index contributed by atoms with van der Waals surface area (Å²) < 4.78 is 23.8. The lowest BCUT2D eigenvalue weighted by Crippen LogP contribution is -2.50. The summed E-state index contributed by atoms with van der Waals surface area (Å²) in [5, 5.41) is 14.1. The smallest absolute Gasteiger partial charge is 0.407 e. The third-order valence-electron chi connectivity index (χ3n) is 15.0. The van der Waals surface area contributed by atoms with Crippen molar-refractivity contribution in [1.82, 2.24) is 5.32 Å². The fraction of sp³-hybridized carbons (Fsp3) is 0.580. The number of aliphatic hydroxyl groups is 1. The van der Waals surface area contributed by atoms with Crippen LogP contribution in [0.3, 0.4) is 0 Å². The van der Waals surface area contributed by atoms with Gasteiger partial charge in [0.25, 0.3) is 0 Å². The number of benzene rings is 3. The van der Waals surface area contributed by atoms with Crippen LogP contribution in [-0.4, -0.2) is 50.8 Å². The number of fused-ring (bicyclic) bond motifs is 5. The minimum atomic E-state index is -1.06. The summed E-state index contributed by atoms with van der Waals surface area (Å²) in [6, 6.07) is 25.6. The Labute approximate surface area is 341 Å². The third-order valence-corrected chi connectivity index (χ3v) is 15.0. The fourth-order valence-corrected chi connectivity index (χ4v) is 11.8. The molecular weight excluding hydrogens is 711 g/mol. The number of methoxy groups -OCH3 is 2. The number of ether oxygens (including phenoxy) is 4. The molecule has 1 amide bonds. The molecule has 5 unspecified atom stereocenters. The van der Waals surface area contributed by atoms with Crippen molar-refractivity contribution in [2.45, 2.75) is 116 Å². The zero-order chi connectivity index (χ0) is 40.2. The second-order valence-corrected chi connectivity index (χ2v) is 18.5. The average molecular weight is 778 g/mol. The SMILES string of the molecule is COc1ccc(C(OCC(O)CNC(=O)O[C@@H]2CC[C@]3(C)C(=CCC4C5CCC(CCCC(C)C)[C@]5(C)CCC43)C2)(c2ccccc2)c2ccc(OC)cc2)cc1. The molecule has 7 rings (SSSR count). The quantitative estimate of drug-likeness (QED) is 0.118. The van der Waals surface area contributed by atoms with E-state index in [-0.39, 0.29) is 24.7 Å². The summed E-state index contributed by atoms with van der Waals surface area (Å²) in [6.07, 6.45) is 14.5. The lowest BCUT2D eigenvalue weighted by atomic mass is 9.47. The Hall–Kier alpha value is -3.81. The molecule has 3 fully saturated rings. The molecule has 308 valence electrons. The van der Waals surface area contributed by atoms with Gasteiger partial charge in [-0.3, -0.25) is 0 Å². The van der Waals surface area contributed by atoms with Gasteiger partial charge < -0.3 is 29.4 Å². The van der Waals surface area contributed by atoms with Crippen molar-refractivity contribution in [2.24, 2.45) is 40.4 Å². The summed E-state index contributed by atoms with van der Waals surface area (Å²) >= 11 is 0. The number of hydrogen-bond acceptors (Lipinski definition) is 6. The minimum Gasteiger partial charge on any atom is -0.497 e. The molecule has 8 atom stereocenters. The molecule has 0 heterocycles. The first-order valence-electron chi connectivity index (χ1n) is 21.8. The molecule has 4 aliphatic carbocycles.